The lowest BCUT2D eigenvalue weighted by atomic mass is 10.0. The lowest BCUT2D eigenvalue weighted by Gasteiger charge is -2.12. The predicted octanol–water partition coefficient (Wildman–Crippen LogP) is 11.0. The topological polar surface area (TPSA) is 61.4 Å². The molecule has 52 heavy (non-hydrogen) atoms. The molecule has 0 aliphatic carbocycles. The summed E-state index contributed by atoms with van der Waals surface area (Å²) in [6.45, 7) is 0. The number of aromatic nitrogens is 6. The molecule has 3 aromatic heterocycles. The van der Waals surface area contributed by atoms with Crippen LogP contribution in [0, 0.1) is 0 Å². The van der Waals surface area contributed by atoms with Crippen molar-refractivity contribution in [3.05, 3.63) is 182 Å². The van der Waals surface area contributed by atoms with Crippen molar-refractivity contribution < 1.29 is 0 Å². The molecule has 0 amide bonds. The van der Waals surface area contributed by atoms with E-state index >= 15 is 0 Å². The fourth-order valence-electron chi connectivity index (χ4n) is 7.14. The largest absolute Gasteiger partial charge is 0.292 e. The summed E-state index contributed by atoms with van der Waals surface area (Å²) in [4.78, 5) is 20.1. The van der Waals surface area contributed by atoms with E-state index in [1.807, 2.05) is 72.8 Å². The molecule has 6 nitrogen and oxygen atoms in total. The summed E-state index contributed by atoms with van der Waals surface area (Å²) in [6.07, 6.45) is 0. The van der Waals surface area contributed by atoms with Crippen LogP contribution in [0.15, 0.2) is 182 Å². The number of imidazole rings is 1. The molecule has 0 saturated carbocycles. The van der Waals surface area contributed by atoms with Crippen molar-refractivity contribution in [1.29, 1.82) is 0 Å². The lowest BCUT2D eigenvalue weighted by Crippen LogP contribution is -2.06. The first-order chi connectivity index (χ1) is 25.8. The number of nitrogens with zero attached hydrogens (tertiary/aromatic N) is 6. The molecule has 0 fully saturated rings. The van der Waals surface area contributed by atoms with Crippen molar-refractivity contribution in [2.45, 2.75) is 0 Å². The van der Waals surface area contributed by atoms with Gasteiger partial charge in [-0.25, -0.2) is 9.97 Å². The smallest absolute Gasteiger partial charge is 0.238 e. The molecule has 0 aliphatic heterocycles. The van der Waals surface area contributed by atoms with E-state index in [1.165, 1.54) is 0 Å². The molecule has 0 unspecified atom stereocenters. The van der Waals surface area contributed by atoms with Crippen LogP contribution in [-0.4, -0.2) is 29.1 Å². The lowest BCUT2D eigenvalue weighted by molar-refractivity contribution is 0.953. The highest BCUT2D eigenvalue weighted by atomic mass is 15.2. The second-order valence-corrected chi connectivity index (χ2v) is 12.8. The second kappa shape index (κ2) is 12.3. The van der Waals surface area contributed by atoms with Crippen LogP contribution in [0.5, 0.6) is 0 Å². The van der Waals surface area contributed by atoms with Crippen LogP contribution in [-0.2, 0) is 0 Å². The minimum absolute atomic E-state index is 0.581. The Kier molecular flexibility index (Phi) is 7.03. The van der Waals surface area contributed by atoms with Crippen molar-refractivity contribution in [3.63, 3.8) is 0 Å². The maximum Gasteiger partial charge on any atom is 0.238 e. The monoisotopic (exact) mass is 666 g/mol. The predicted molar refractivity (Wildman–Crippen MR) is 211 cm³/mol. The SMILES string of the molecule is c1ccc(-c2nc(-c3ccccc3)nc(-n3c4ccccc4c4cc(-c5ccc(-n6c(-c7ccccc7)nc7ccccc76)cc5)ccc43)n2)cc1. The van der Waals surface area contributed by atoms with Gasteiger partial charge in [-0.15, -0.1) is 0 Å². The van der Waals surface area contributed by atoms with Gasteiger partial charge in [0.25, 0.3) is 0 Å². The Morgan fingerprint density at radius 2 is 0.865 bits per heavy atom. The Bertz CT molecular complexity index is 2820. The number of fused-ring (bicyclic) bond motifs is 4. The van der Waals surface area contributed by atoms with Gasteiger partial charge < -0.3 is 0 Å². The number of rotatable bonds is 6. The van der Waals surface area contributed by atoms with Crippen LogP contribution in [0.25, 0.3) is 89.8 Å². The first-order valence-electron chi connectivity index (χ1n) is 17.3. The van der Waals surface area contributed by atoms with Crippen LogP contribution in [0.4, 0.5) is 0 Å². The maximum absolute atomic E-state index is 5.07. The molecule has 0 N–H and O–H groups in total. The van der Waals surface area contributed by atoms with Gasteiger partial charge in [-0.2, -0.15) is 9.97 Å². The summed E-state index contributed by atoms with van der Waals surface area (Å²) in [5.41, 5.74) is 10.4. The van der Waals surface area contributed by atoms with Crippen LogP contribution in [0.2, 0.25) is 0 Å². The highest BCUT2D eigenvalue weighted by Gasteiger charge is 2.19. The third-order valence-corrected chi connectivity index (χ3v) is 9.61. The average Bonchev–Trinajstić information content (AvgIpc) is 3.78. The summed E-state index contributed by atoms with van der Waals surface area (Å²) < 4.78 is 4.40. The highest BCUT2D eigenvalue weighted by Crippen LogP contribution is 2.36. The Balaban J connectivity index is 1.10. The van der Waals surface area contributed by atoms with Gasteiger partial charge in [-0.1, -0.05) is 140 Å². The zero-order valence-corrected chi connectivity index (χ0v) is 28.0. The minimum atomic E-state index is 0.581. The van der Waals surface area contributed by atoms with E-state index in [-0.39, 0.29) is 0 Å². The quantitative estimate of drug-likeness (QED) is 0.177. The number of benzene rings is 7. The third kappa shape index (κ3) is 5.05. The molecule has 0 radical (unpaired) electrons. The summed E-state index contributed by atoms with van der Waals surface area (Å²) in [5.74, 6) is 2.77. The Labute approximate surface area is 300 Å². The molecule has 3 heterocycles. The molecule has 0 bridgehead atoms. The zero-order valence-electron chi connectivity index (χ0n) is 28.0. The number of para-hydroxylation sites is 3. The average molecular weight is 667 g/mol. The van der Waals surface area contributed by atoms with Gasteiger partial charge in [0.1, 0.15) is 5.82 Å². The van der Waals surface area contributed by atoms with E-state index < -0.39 is 0 Å². The molecule has 7 aromatic carbocycles. The van der Waals surface area contributed by atoms with Gasteiger partial charge in [0, 0.05) is 33.2 Å². The van der Waals surface area contributed by atoms with Crippen LogP contribution in [0.1, 0.15) is 0 Å². The van der Waals surface area contributed by atoms with E-state index in [9.17, 15) is 0 Å². The first-order valence-corrected chi connectivity index (χ1v) is 17.3. The molecular formula is C46H30N6. The van der Waals surface area contributed by atoms with Crippen LogP contribution in [0.3, 0.4) is 0 Å². The van der Waals surface area contributed by atoms with E-state index in [0.29, 0.717) is 17.6 Å². The molecule has 244 valence electrons. The summed E-state index contributed by atoms with van der Waals surface area (Å²) >= 11 is 0. The van der Waals surface area contributed by atoms with Crippen molar-refractivity contribution >= 4 is 32.8 Å². The zero-order chi connectivity index (χ0) is 34.4. The van der Waals surface area contributed by atoms with Crippen molar-refractivity contribution in [3.8, 4) is 56.9 Å². The van der Waals surface area contributed by atoms with Gasteiger partial charge in [0.05, 0.1) is 22.1 Å². The second-order valence-electron chi connectivity index (χ2n) is 12.8. The summed E-state index contributed by atoms with van der Waals surface area (Å²) in [7, 11) is 0. The number of hydrogen-bond acceptors (Lipinski definition) is 4. The normalized spacial score (nSPS) is 11.5. The fourth-order valence-corrected chi connectivity index (χ4v) is 7.14. The minimum Gasteiger partial charge on any atom is -0.292 e. The van der Waals surface area contributed by atoms with E-state index in [1.54, 1.807) is 0 Å². The van der Waals surface area contributed by atoms with Crippen molar-refractivity contribution in [2.24, 2.45) is 0 Å². The molecule has 10 rings (SSSR count). The molecular weight excluding hydrogens is 637 g/mol. The maximum atomic E-state index is 5.07. The Morgan fingerprint density at radius 3 is 1.54 bits per heavy atom. The number of hydrogen-bond donors (Lipinski definition) is 0. The van der Waals surface area contributed by atoms with Crippen molar-refractivity contribution in [1.82, 2.24) is 29.1 Å². The molecule has 0 atom stereocenters. The van der Waals surface area contributed by atoms with Crippen molar-refractivity contribution in [2.75, 3.05) is 0 Å². The molecule has 0 spiro atoms. The Morgan fingerprint density at radius 1 is 0.327 bits per heavy atom. The van der Waals surface area contributed by atoms with Gasteiger partial charge in [0.2, 0.25) is 5.95 Å². The van der Waals surface area contributed by atoms with Gasteiger partial charge in [-0.05, 0) is 53.6 Å². The first kappa shape index (κ1) is 29.7. The summed E-state index contributed by atoms with van der Waals surface area (Å²) in [6, 6.07) is 62.7. The van der Waals surface area contributed by atoms with Gasteiger partial charge in [0.15, 0.2) is 11.6 Å². The van der Waals surface area contributed by atoms with Crippen LogP contribution < -0.4 is 0 Å². The van der Waals surface area contributed by atoms with Gasteiger partial charge >= 0.3 is 0 Å². The molecule has 6 heteroatoms. The molecule has 0 aliphatic rings. The van der Waals surface area contributed by atoms with E-state index in [2.05, 4.69) is 118 Å². The summed E-state index contributed by atoms with van der Waals surface area (Å²) in [5, 5.41) is 2.27. The Hall–Kier alpha value is -7.18. The third-order valence-electron chi connectivity index (χ3n) is 9.61. The fraction of sp³-hybridized carbons (Fsp3) is 0. The van der Waals surface area contributed by atoms with E-state index in [4.69, 9.17) is 19.9 Å². The van der Waals surface area contributed by atoms with E-state index in [0.717, 1.165) is 72.2 Å². The molecule has 0 saturated heterocycles. The standard InChI is InChI=1S/C46H30N6/c1-4-14-32(15-5-1)43-48-44(33-16-6-2-7-17-33)50-46(49-43)52-40-22-12-10-20-37(40)38-30-35(26-29-41(38)52)31-24-27-36(28-25-31)51-42-23-13-11-21-39(42)47-45(51)34-18-8-3-9-19-34/h1-30H. The van der Waals surface area contributed by atoms with Crippen LogP contribution >= 0.6 is 0 Å². The molecule has 10 aromatic rings. The highest BCUT2D eigenvalue weighted by molar-refractivity contribution is 6.10. The van der Waals surface area contributed by atoms with Gasteiger partial charge in [-0.3, -0.25) is 9.13 Å².